The molecule has 1 aromatic rings. The summed E-state index contributed by atoms with van der Waals surface area (Å²) in [4.78, 5) is 9.99. The van der Waals surface area contributed by atoms with E-state index < -0.39 is 0 Å². The van der Waals surface area contributed by atoms with E-state index in [9.17, 15) is 0 Å². The highest BCUT2D eigenvalue weighted by molar-refractivity contribution is 7.16. The molecule has 0 saturated heterocycles. The van der Waals surface area contributed by atoms with E-state index in [4.69, 9.17) is 17.3 Å². The molecule has 62 valence electrons. The van der Waals surface area contributed by atoms with Gasteiger partial charge in [0.2, 0.25) is 0 Å². The van der Waals surface area contributed by atoms with Crippen LogP contribution in [0.25, 0.3) is 0 Å². The minimum atomic E-state index is 0.347. The van der Waals surface area contributed by atoms with E-state index in [-0.39, 0.29) is 0 Å². The fourth-order valence-electron chi connectivity index (χ4n) is 0.634. The van der Waals surface area contributed by atoms with Crippen LogP contribution in [0, 0.1) is 0 Å². The van der Waals surface area contributed by atoms with Gasteiger partial charge in [-0.3, -0.25) is 0 Å². The van der Waals surface area contributed by atoms with Crippen molar-refractivity contribution in [3.05, 3.63) is 15.3 Å². The molecule has 0 aromatic carbocycles. The number of hydrogen-bond donors (Lipinski definition) is 1. The van der Waals surface area contributed by atoms with Gasteiger partial charge in [0, 0.05) is 5.69 Å². The lowest BCUT2D eigenvalue weighted by molar-refractivity contribution is -0.281. The zero-order valence-electron chi connectivity index (χ0n) is 5.96. The molecule has 1 aromatic heterocycles. The number of anilines is 1. The molecule has 0 unspecified atom stereocenters. The van der Waals surface area contributed by atoms with Gasteiger partial charge in [0.05, 0.1) is 16.3 Å². The molecule has 0 aliphatic heterocycles. The lowest BCUT2D eigenvalue weighted by atomic mass is 10.4. The smallest absolute Gasteiger partial charge is 0.119 e. The summed E-state index contributed by atoms with van der Waals surface area (Å²) in [5, 5.41) is 0. The number of nitrogens with two attached hydrogens (primary N) is 1. The highest BCUT2D eigenvalue weighted by Crippen LogP contribution is 2.28. The molecule has 0 aliphatic rings. The summed E-state index contributed by atoms with van der Waals surface area (Å²) in [6, 6.07) is 1.70. The second-order valence-corrected chi connectivity index (χ2v) is 3.63. The van der Waals surface area contributed by atoms with Crippen molar-refractivity contribution in [2.45, 2.75) is 6.61 Å². The number of rotatable bonds is 3. The van der Waals surface area contributed by atoms with E-state index in [2.05, 4.69) is 9.78 Å². The minimum absolute atomic E-state index is 0.347. The number of hydrogen-bond acceptors (Lipinski definition) is 4. The van der Waals surface area contributed by atoms with Crippen LogP contribution in [0.3, 0.4) is 0 Å². The topological polar surface area (TPSA) is 44.5 Å². The maximum Gasteiger partial charge on any atom is 0.119 e. The van der Waals surface area contributed by atoms with Crippen molar-refractivity contribution in [1.29, 1.82) is 0 Å². The number of halogens is 1. The quantitative estimate of drug-likeness (QED) is 0.591. The number of nitrogen functional groups attached to an aromatic ring is 1. The summed E-state index contributed by atoms with van der Waals surface area (Å²) in [6.45, 7) is 0.347. The summed E-state index contributed by atoms with van der Waals surface area (Å²) < 4.78 is 0.664. The fourth-order valence-corrected chi connectivity index (χ4v) is 1.74. The highest BCUT2D eigenvalue weighted by Gasteiger charge is 2.04. The SMILES string of the molecule is COOCc1sc(Cl)cc1N. The molecule has 3 nitrogen and oxygen atoms in total. The Bertz CT molecular complexity index is 238. The Morgan fingerprint density at radius 1 is 1.73 bits per heavy atom. The first-order chi connectivity index (χ1) is 5.24. The van der Waals surface area contributed by atoms with Gasteiger partial charge >= 0.3 is 0 Å². The Balaban J connectivity index is 2.62. The van der Waals surface area contributed by atoms with Crippen LogP contribution in [0.1, 0.15) is 4.88 Å². The predicted octanol–water partition coefficient (Wildman–Crippen LogP) is 2.06. The normalized spacial score (nSPS) is 10.4. The van der Waals surface area contributed by atoms with Crippen molar-refractivity contribution in [2.75, 3.05) is 12.8 Å². The zero-order chi connectivity index (χ0) is 8.27. The van der Waals surface area contributed by atoms with Crippen molar-refractivity contribution in [2.24, 2.45) is 0 Å². The molecule has 11 heavy (non-hydrogen) atoms. The molecule has 0 aliphatic carbocycles. The maximum absolute atomic E-state index is 5.69. The zero-order valence-corrected chi connectivity index (χ0v) is 7.54. The van der Waals surface area contributed by atoms with Gasteiger partial charge in [0.25, 0.3) is 0 Å². The van der Waals surface area contributed by atoms with E-state index in [1.165, 1.54) is 18.4 Å². The lowest BCUT2D eigenvalue weighted by Gasteiger charge is -1.96. The van der Waals surface area contributed by atoms with Gasteiger partial charge in [-0.25, -0.2) is 9.78 Å². The molecule has 0 atom stereocenters. The highest BCUT2D eigenvalue weighted by atomic mass is 35.5. The van der Waals surface area contributed by atoms with Crippen LogP contribution in [-0.4, -0.2) is 7.11 Å². The van der Waals surface area contributed by atoms with E-state index >= 15 is 0 Å². The van der Waals surface area contributed by atoms with Gasteiger partial charge in [0.15, 0.2) is 0 Å². The standard InChI is InChI=1S/C6H8ClNO2S/c1-9-10-3-5-4(8)2-6(7)11-5/h2H,3,8H2,1H3. The summed E-state index contributed by atoms with van der Waals surface area (Å²) in [7, 11) is 1.45. The molecule has 0 amide bonds. The Labute approximate surface area is 73.6 Å². The first-order valence-electron chi connectivity index (χ1n) is 2.93. The molecule has 1 rings (SSSR count). The molecule has 0 bridgehead atoms. The maximum atomic E-state index is 5.69. The van der Waals surface area contributed by atoms with Crippen molar-refractivity contribution < 1.29 is 9.78 Å². The molecule has 0 spiro atoms. The third-order valence-electron chi connectivity index (χ3n) is 1.12. The van der Waals surface area contributed by atoms with E-state index in [1.54, 1.807) is 6.07 Å². The third-order valence-corrected chi connectivity index (χ3v) is 2.37. The van der Waals surface area contributed by atoms with Gasteiger partial charge in [0.1, 0.15) is 6.61 Å². The van der Waals surface area contributed by atoms with Crippen LogP contribution < -0.4 is 5.73 Å². The summed E-state index contributed by atoms with van der Waals surface area (Å²) in [5.41, 5.74) is 6.22. The first-order valence-corrected chi connectivity index (χ1v) is 4.12. The van der Waals surface area contributed by atoms with Gasteiger partial charge in [-0.1, -0.05) is 11.6 Å². The molecular weight excluding hydrogens is 186 g/mol. The van der Waals surface area contributed by atoms with Crippen molar-refractivity contribution in [1.82, 2.24) is 0 Å². The van der Waals surface area contributed by atoms with Gasteiger partial charge in [-0.05, 0) is 6.07 Å². The van der Waals surface area contributed by atoms with Crippen LogP contribution in [0.4, 0.5) is 5.69 Å². The number of thiophene rings is 1. The van der Waals surface area contributed by atoms with Crippen molar-refractivity contribution in [3.63, 3.8) is 0 Å². The van der Waals surface area contributed by atoms with Gasteiger partial charge < -0.3 is 5.73 Å². The van der Waals surface area contributed by atoms with Crippen LogP contribution in [0.2, 0.25) is 4.34 Å². The predicted molar refractivity (Wildman–Crippen MR) is 45.5 cm³/mol. The van der Waals surface area contributed by atoms with Crippen LogP contribution in [0.5, 0.6) is 0 Å². The second kappa shape index (κ2) is 3.92. The average molecular weight is 194 g/mol. The van der Waals surface area contributed by atoms with E-state index in [0.29, 0.717) is 16.6 Å². The molecular formula is C6H8ClNO2S. The molecule has 0 fully saturated rings. The largest absolute Gasteiger partial charge is 0.398 e. The van der Waals surface area contributed by atoms with Crippen molar-refractivity contribution >= 4 is 28.6 Å². The Morgan fingerprint density at radius 3 is 2.91 bits per heavy atom. The molecule has 5 heteroatoms. The van der Waals surface area contributed by atoms with E-state index in [1.807, 2.05) is 0 Å². The Morgan fingerprint density at radius 2 is 2.45 bits per heavy atom. The first kappa shape index (κ1) is 8.80. The molecule has 1 heterocycles. The summed E-state index contributed by atoms with van der Waals surface area (Å²) >= 11 is 7.08. The van der Waals surface area contributed by atoms with Crippen molar-refractivity contribution in [3.8, 4) is 0 Å². The van der Waals surface area contributed by atoms with E-state index in [0.717, 1.165) is 4.88 Å². The minimum Gasteiger partial charge on any atom is -0.398 e. The third kappa shape index (κ3) is 2.34. The fraction of sp³-hybridized carbons (Fsp3) is 0.333. The van der Waals surface area contributed by atoms with Crippen LogP contribution in [-0.2, 0) is 16.4 Å². The lowest BCUT2D eigenvalue weighted by Crippen LogP contribution is -1.92. The van der Waals surface area contributed by atoms with Crippen LogP contribution in [0.15, 0.2) is 6.07 Å². The van der Waals surface area contributed by atoms with Gasteiger partial charge in [-0.15, -0.1) is 11.3 Å². The Hall–Kier alpha value is -0.290. The molecule has 0 radical (unpaired) electrons. The monoisotopic (exact) mass is 193 g/mol. The average Bonchev–Trinajstić information content (AvgIpc) is 2.26. The Kier molecular flexibility index (Phi) is 3.14. The molecule has 2 N–H and O–H groups in total. The second-order valence-electron chi connectivity index (χ2n) is 1.86. The molecule has 0 saturated carbocycles. The van der Waals surface area contributed by atoms with Crippen LogP contribution >= 0.6 is 22.9 Å². The summed E-state index contributed by atoms with van der Waals surface area (Å²) in [5.74, 6) is 0. The summed E-state index contributed by atoms with van der Waals surface area (Å²) in [6.07, 6.45) is 0. The van der Waals surface area contributed by atoms with Gasteiger partial charge in [-0.2, -0.15) is 0 Å².